The molecular formula is C31H18N6OPt. The van der Waals surface area contributed by atoms with Gasteiger partial charge in [0.1, 0.15) is 11.6 Å². The fourth-order valence-corrected chi connectivity index (χ4v) is 5.20. The normalized spacial score (nSPS) is 11.5. The van der Waals surface area contributed by atoms with Gasteiger partial charge in [0.05, 0.1) is 11.2 Å². The summed E-state index contributed by atoms with van der Waals surface area (Å²) >= 11 is 0. The molecule has 188 valence electrons. The molecule has 0 aliphatic carbocycles. The number of aromatic nitrogens is 6. The van der Waals surface area contributed by atoms with Crippen molar-refractivity contribution in [1.29, 1.82) is 0 Å². The third kappa shape index (κ3) is 3.62. The third-order valence-electron chi connectivity index (χ3n) is 6.78. The molecule has 0 spiro atoms. The fraction of sp³-hybridized carbons (Fsp3) is 0.0323. The van der Waals surface area contributed by atoms with E-state index in [1.54, 1.807) is 12.4 Å². The standard InChI is InChI=1S/C31H18N6O.Pt/c1-19-34-31-25-16-20(13-14-22(25)23-8-2-5-11-27(23)37(31)35-19)38-21-17-28-30(33-18-21)24-9-3-4-10-26(24)36(28)29-12-6-7-15-32-29;/h2-15,18H,1H3;/q-2;+2. The predicted octanol–water partition coefficient (Wildman–Crippen LogP) is 6.62. The Hall–Kier alpha value is -4.61. The Balaban J connectivity index is 0.00000253. The van der Waals surface area contributed by atoms with Gasteiger partial charge in [-0.05, 0) is 59.2 Å². The maximum atomic E-state index is 6.28. The molecule has 0 bridgehead atoms. The van der Waals surface area contributed by atoms with Crippen LogP contribution in [0.25, 0.3) is 55.1 Å². The first-order valence-electron chi connectivity index (χ1n) is 12.3. The van der Waals surface area contributed by atoms with Gasteiger partial charge in [0, 0.05) is 23.2 Å². The Labute approximate surface area is 237 Å². The van der Waals surface area contributed by atoms with Gasteiger partial charge in [-0.2, -0.15) is 5.10 Å². The SMILES string of the molecule is Cc1nc2c3[c-]c(Oc4[c-]c5c(nc4)c4ccccc4n5-c4ccccn4)ccc3c3ccccc3n2n1.[Pt+2]. The van der Waals surface area contributed by atoms with Gasteiger partial charge < -0.3 is 14.3 Å². The quantitative estimate of drug-likeness (QED) is 0.155. The molecule has 0 unspecified atom stereocenters. The Morgan fingerprint density at radius 1 is 0.744 bits per heavy atom. The molecule has 0 amide bonds. The number of hydrogen-bond donors (Lipinski definition) is 0. The maximum absolute atomic E-state index is 6.28. The molecular weight excluding hydrogens is 667 g/mol. The number of hydrogen-bond acceptors (Lipinski definition) is 5. The van der Waals surface area contributed by atoms with E-state index in [9.17, 15) is 0 Å². The third-order valence-corrected chi connectivity index (χ3v) is 6.78. The number of nitrogens with zero attached hydrogens (tertiary/aromatic N) is 6. The van der Waals surface area contributed by atoms with Crippen molar-refractivity contribution < 1.29 is 25.8 Å². The van der Waals surface area contributed by atoms with Gasteiger partial charge in [-0.15, -0.1) is 18.2 Å². The van der Waals surface area contributed by atoms with Gasteiger partial charge >= 0.3 is 21.1 Å². The average molecular weight is 686 g/mol. The second kappa shape index (κ2) is 9.00. The van der Waals surface area contributed by atoms with Gasteiger partial charge in [-0.25, -0.2) is 4.98 Å². The summed E-state index contributed by atoms with van der Waals surface area (Å²) in [6.07, 6.45) is 3.48. The summed E-state index contributed by atoms with van der Waals surface area (Å²) in [5.74, 6) is 2.53. The van der Waals surface area contributed by atoms with Gasteiger partial charge in [0.2, 0.25) is 0 Å². The van der Waals surface area contributed by atoms with E-state index in [1.165, 1.54) is 0 Å². The van der Waals surface area contributed by atoms with Crippen LogP contribution in [0.4, 0.5) is 0 Å². The van der Waals surface area contributed by atoms with E-state index in [4.69, 9.17) is 9.72 Å². The van der Waals surface area contributed by atoms with Gasteiger partial charge in [-0.3, -0.25) is 9.50 Å². The maximum Gasteiger partial charge on any atom is 2.00 e. The largest absolute Gasteiger partial charge is 2.00 e. The minimum absolute atomic E-state index is 0. The van der Waals surface area contributed by atoms with E-state index in [0.717, 1.165) is 55.1 Å². The summed E-state index contributed by atoms with van der Waals surface area (Å²) in [7, 11) is 0. The van der Waals surface area contributed by atoms with Crippen LogP contribution in [0.1, 0.15) is 5.82 Å². The number of aryl methyl sites for hydroxylation is 1. The number of benzene rings is 3. The first-order valence-corrected chi connectivity index (χ1v) is 12.3. The van der Waals surface area contributed by atoms with Crippen molar-refractivity contribution in [1.82, 2.24) is 29.1 Å². The van der Waals surface area contributed by atoms with Crippen LogP contribution in [0.5, 0.6) is 11.5 Å². The summed E-state index contributed by atoms with van der Waals surface area (Å²) < 4.78 is 10.2. The Morgan fingerprint density at radius 2 is 1.54 bits per heavy atom. The van der Waals surface area contributed by atoms with Crippen LogP contribution in [-0.2, 0) is 21.1 Å². The first kappa shape index (κ1) is 23.5. The minimum Gasteiger partial charge on any atom is -0.501 e. The van der Waals surface area contributed by atoms with Crippen LogP contribution in [0, 0.1) is 19.1 Å². The van der Waals surface area contributed by atoms with E-state index in [0.29, 0.717) is 17.3 Å². The smallest absolute Gasteiger partial charge is 0.501 e. The molecule has 39 heavy (non-hydrogen) atoms. The second-order valence-corrected chi connectivity index (χ2v) is 9.11. The van der Waals surface area contributed by atoms with Crippen molar-refractivity contribution in [3.05, 3.63) is 109 Å². The van der Waals surface area contributed by atoms with Crippen LogP contribution in [0.3, 0.4) is 0 Å². The van der Waals surface area contributed by atoms with Crippen molar-refractivity contribution >= 4 is 49.3 Å². The zero-order chi connectivity index (χ0) is 25.2. The van der Waals surface area contributed by atoms with Crippen molar-refractivity contribution in [3.8, 4) is 17.3 Å². The molecule has 8 rings (SSSR count). The van der Waals surface area contributed by atoms with Crippen molar-refractivity contribution in [3.63, 3.8) is 0 Å². The van der Waals surface area contributed by atoms with Crippen molar-refractivity contribution in [2.45, 2.75) is 6.92 Å². The Morgan fingerprint density at radius 3 is 2.38 bits per heavy atom. The molecule has 5 heterocycles. The average Bonchev–Trinajstić information content (AvgIpc) is 3.51. The van der Waals surface area contributed by atoms with Gasteiger partial charge in [0.15, 0.2) is 0 Å². The summed E-state index contributed by atoms with van der Waals surface area (Å²) in [5.41, 5.74) is 4.39. The van der Waals surface area contributed by atoms with Crippen LogP contribution in [-0.4, -0.2) is 29.1 Å². The molecule has 7 nitrogen and oxygen atoms in total. The molecule has 8 heteroatoms. The number of pyridine rings is 3. The van der Waals surface area contributed by atoms with E-state index in [-0.39, 0.29) is 21.1 Å². The zero-order valence-electron chi connectivity index (χ0n) is 20.6. The van der Waals surface area contributed by atoms with Crippen LogP contribution < -0.4 is 4.74 Å². The zero-order valence-corrected chi connectivity index (χ0v) is 22.8. The van der Waals surface area contributed by atoms with Crippen LogP contribution in [0.15, 0.2) is 91.3 Å². The van der Waals surface area contributed by atoms with Gasteiger partial charge in [-0.1, -0.05) is 59.3 Å². The van der Waals surface area contributed by atoms with Crippen LogP contribution in [0.2, 0.25) is 0 Å². The topological polar surface area (TPSA) is 70.1 Å². The second-order valence-electron chi connectivity index (χ2n) is 9.11. The molecule has 0 aliphatic rings. The Kier molecular flexibility index (Phi) is 5.42. The number of rotatable bonds is 3. The molecule has 5 aromatic heterocycles. The summed E-state index contributed by atoms with van der Waals surface area (Å²) in [6, 6.07) is 33.0. The molecule has 0 fully saturated rings. The van der Waals surface area contributed by atoms with E-state index >= 15 is 0 Å². The molecule has 0 radical (unpaired) electrons. The fourth-order valence-electron chi connectivity index (χ4n) is 5.20. The summed E-state index contributed by atoms with van der Waals surface area (Å²) in [6.45, 7) is 1.89. The van der Waals surface area contributed by atoms with Crippen LogP contribution >= 0.6 is 0 Å². The van der Waals surface area contributed by atoms with E-state index in [1.807, 2.05) is 66.0 Å². The van der Waals surface area contributed by atoms with Crippen molar-refractivity contribution in [2.24, 2.45) is 0 Å². The molecule has 3 aromatic carbocycles. The van der Waals surface area contributed by atoms with E-state index < -0.39 is 0 Å². The van der Waals surface area contributed by atoms with Gasteiger partial charge in [0.25, 0.3) is 0 Å². The molecule has 0 saturated heterocycles. The Bertz CT molecular complexity index is 2190. The first-order chi connectivity index (χ1) is 18.7. The molecule has 0 saturated carbocycles. The molecule has 0 N–H and O–H groups in total. The monoisotopic (exact) mass is 685 g/mol. The molecule has 0 atom stereocenters. The number of para-hydroxylation sites is 2. The summed E-state index contributed by atoms with van der Waals surface area (Å²) in [4.78, 5) is 14.0. The number of ether oxygens (including phenoxy) is 1. The van der Waals surface area contributed by atoms with Crippen molar-refractivity contribution in [2.75, 3.05) is 0 Å². The minimum atomic E-state index is 0. The van der Waals surface area contributed by atoms with E-state index in [2.05, 4.69) is 56.0 Å². The summed E-state index contributed by atoms with van der Waals surface area (Å²) in [5, 5.41) is 8.62. The molecule has 0 aliphatic heterocycles. The number of fused-ring (bicyclic) bond motifs is 9. The molecule has 8 aromatic rings. The predicted molar refractivity (Wildman–Crippen MR) is 147 cm³/mol.